The van der Waals surface area contributed by atoms with Crippen molar-refractivity contribution in [2.75, 3.05) is 32.8 Å². The van der Waals surface area contributed by atoms with Gasteiger partial charge in [0.15, 0.2) is 0 Å². The van der Waals surface area contributed by atoms with Crippen LogP contribution >= 0.6 is 0 Å². The summed E-state index contributed by atoms with van der Waals surface area (Å²) < 4.78 is 5.43. The lowest BCUT2D eigenvalue weighted by atomic mass is 9.72. The predicted octanol–water partition coefficient (Wildman–Crippen LogP) is 5.87. The Kier molecular flexibility index (Phi) is 13.2. The number of carbonyl (C=O) groups excluding carboxylic acids is 3. The highest BCUT2D eigenvalue weighted by molar-refractivity contribution is 5.93. The molecule has 3 rings (SSSR count). The highest BCUT2D eigenvalue weighted by Crippen LogP contribution is 2.40. The number of carbonyl (C=O) groups is 3. The SMILES string of the molecule is CC(C=CC1=C(C)CCCC1(C)C)=CC=CC(C)=CC(=O)N[C@@H](CO)C(=O)N1CCCN(C(=O)OCc2ccccc2)CC1. The molecule has 0 unspecified atom stereocenters. The number of aliphatic hydroxyl groups is 1. The second kappa shape index (κ2) is 16.8. The van der Waals surface area contributed by atoms with E-state index >= 15 is 0 Å². The van der Waals surface area contributed by atoms with Crippen LogP contribution in [-0.2, 0) is 20.9 Å². The van der Waals surface area contributed by atoms with Crippen LogP contribution in [0.3, 0.4) is 0 Å². The highest BCUT2D eigenvalue weighted by atomic mass is 16.6. The normalized spacial score (nSPS) is 18.9. The van der Waals surface area contributed by atoms with E-state index in [1.54, 1.807) is 9.80 Å². The van der Waals surface area contributed by atoms with Gasteiger partial charge in [-0.3, -0.25) is 9.59 Å². The molecule has 44 heavy (non-hydrogen) atoms. The van der Waals surface area contributed by atoms with Gasteiger partial charge in [0.1, 0.15) is 12.6 Å². The molecule has 1 aliphatic carbocycles. The van der Waals surface area contributed by atoms with Crippen molar-refractivity contribution in [1.29, 1.82) is 0 Å². The quantitative estimate of drug-likeness (QED) is 0.258. The first kappa shape index (κ1) is 34.6. The summed E-state index contributed by atoms with van der Waals surface area (Å²) in [6.07, 6.45) is 15.2. The monoisotopic (exact) mass is 603 g/mol. The smallest absolute Gasteiger partial charge is 0.410 e. The number of hydrogen-bond donors (Lipinski definition) is 2. The fourth-order valence-electron chi connectivity index (χ4n) is 5.64. The van der Waals surface area contributed by atoms with Crippen molar-refractivity contribution in [3.63, 3.8) is 0 Å². The van der Waals surface area contributed by atoms with Crippen LogP contribution in [0.25, 0.3) is 0 Å². The summed E-state index contributed by atoms with van der Waals surface area (Å²) in [6, 6.07) is 8.39. The van der Waals surface area contributed by atoms with E-state index in [2.05, 4.69) is 38.2 Å². The van der Waals surface area contributed by atoms with Crippen LogP contribution < -0.4 is 5.32 Å². The zero-order valence-corrected chi connectivity index (χ0v) is 27.0. The van der Waals surface area contributed by atoms with Gasteiger partial charge in [0, 0.05) is 32.3 Å². The third kappa shape index (κ3) is 10.7. The molecule has 8 heteroatoms. The molecule has 1 aliphatic heterocycles. The van der Waals surface area contributed by atoms with Crippen LogP contribution in [0.15, 0.2) is 89.1 Å². The highest BCUT2D eigenvalue weighted by Gasteiger charge is 2.29. The molecule has 0 spiro atoms. The van der Waals surface area contributed by atoms with Gasteiger partial charge in [-0.1, -0.05) is 85.7 Å². The van der Waals surface area contributed by atoms with Gasteiger partial charge in [0.25, 0.3) is 0 Å². The van der Waals surface area contributed by atoms with E-state index in [4.69, 9.17) is 4.74 Å². The summed E-state index contributed by atoms with van der Waals surface area (Å²) in [6.45, 7) is 11.8. The summed E-state index contributed by atoms with van der Waals surface area (Å²) in [5.41, 5.74) is 5.79. The molecule has 238 valence electrons. The maximum atomic E-state index is 13.1. The second-order valence-corrected chi connectivity index (χ2v) is 12.4. The van der Waals surface area contributed by atoms with Crippen molar-refractivity contribution in [3.8, 4) is 0 Å². The van der Waals surface area contributed by atoms with Crippen molar-refractivity contribution >= 4 is 17.9 Å². The van der Waals surface area contributed by atoms with Gasteiger partial charge in [-0.25, -0.2) is 4.79 Å². The molecule has 3 amide bonds. The standard InChI is InChI=1S/C36H49N3O5/c1-27(17-18-31-29(3)14-10-19-36(31,4)5)12-9-13-28(2)24-33(41)37-32(25-40)34(42)38-20-11-21-39(23-22-38)35(43)44-26-30-15-7-6-8-16-30/h6-9,12-13,15-18,24,32,40H,10-11,14,19-23,25-26H2,1-5H3,(H,37,41)/t32-/m0/s1. The minimum absolute atomic E-state index is 0.184. The number of nitrogens with zero attached hydrogens (tertiary/aromatic N) is 2. The van der Waals surface area contributed by atoms with Crippen LogP contribution in [0.2, 0.25) is 0 Å². The Bertz CT molecular complexity index is 1310. The van der Waals surface area contributed by atoms with Gasteiger partial charge in [0.05, 0.1) is 6.61 Å². The van der Waals surface area contributed by atoms with Gasteiger partial charge in [-0.05, 0) is 68.6 Å². The number of amides is 3. The number of hydrogen-bond acceptors (Lipinski definition) is 5. The maximum absolute atomic E-state index is 13.1. The molecule has 8 nitrogen and oxygen atoms in total. The fraction of sp³-hybridized carbons (Fsp3) is 0.472. The van der Waals surface area contributed by atoms with Crippen molar-refractivity contribution in [1.82, 2.24) is 15.1 Å². The molecule has 1 atom stereocenters. The first-order valence-corrected chi connectivity index (χ1v) is 15.6. The Morgan fingerprint density at radius 2 is 1.70 bits per heavy atom. The van der Waals surface area contributed by atoms with E-state index in [1.807, 2.05) is 62.4 Å². The number of benzene rings is 1. The molecular formula is C36H49N3O5. The van der Waals surface area contributed by atoms with Crippen LogP contribution in [0, 0.1) is 5.41 Å². The summed E-state index contributed by atoms with van der Waals surface area (Å²) in [4.78, 5) is 41.5. The first-order chi connectivity index (χ1) is 21.0. The Labute approximate surface area is 262 Å². The maximum Gasteiger partial charge on any atom is 0.410 e. The lowest BCUT2D eigenvalue weighted by Gasteiger charge is -2.32. The Morgan fingerprint density at radius 1 is 1.00 bits per heavy atom. The van der Waals surface area contributed by atoms with Crippen molar-refractivity contribution in [2.45, 2.75) is 73.0 Å². The van der Waals surface area contributed by atoms with E-state index in [9.17, 15) is 19.5 Å². The minimum atomic E-state index is -1.07. The third-order valence-corrected chi connectivity index (χ3v) is 8.20. The molecule has 1 heterocycles. The number of allylic oxidation sites excluding steroid dienone is 9. The van der Waals surface area contributed by atoms with Crippen LogP contribution in [0.5, 0.6) is 0 Å². The molecular weight excluding hydrogens is 554 g/mol. The summed E-state index contributed by atoms with van der Waals surface area (Å²) in [5, 5.41) is 12.5. The van der Waals surface area contributed by atoms with E-state index < -0.39 is 24.6 Å². The lowest BCUT2D eigenvalue weighted by molar-refractivity contribution is -0.136. The number of nitrogens with one attached hydrogen (secondary N) is 1. The van der Waals surface area contributed by atoms with Gasteiger partial charge >= 0.3 is 6.09 Å². The van der Waals surface area contributed by atoms with Crippen molar-refractivity contribution in [3.05, 3.63) is 94.6 Å². The summed E-state index contributed by atoms with van der Waals surface area (Å²) in [5.74, 6) is -0.832. The molecule has 0 bridgehead atoms. The Morgan fingerprint density at radius 3 is 2.41 bits per heavy atom. The predicted molar refractivity (Wildman–Crippen MR) is 175 cm³/mol. The Balaban J connectivity index is 1.49. The minimum Gasteiger partial charge on any atom is -0.445 e. The molecule has 1 fully saturated rings. The molecule has 0 saturated carbocycles. The molecule has 1 aromatic carbocycles. The second-order valence-electron chi connectivity index (χ2n) is 12.4. The third-order valence-electron chi connectivity index (χ3n) is 8.20. The van der Waals surface area contributed by atoms with E-state index in [0.717, 1.165) is 17.6 Å². The van der Waals surface area contributed by atoms with Crippen molar-refractivity contribution in [2.24, 2.45) is 5.41 Å². The van der Waals surface area contributed by atoms with E-state index in [0.29, 0.717) is 31.6 Å². The molecule has 2 N–H and O–H groups in total. The van der Waals surface area contributed by atoms with E-state index in [1.165, 1.54) is 30.1 Å². The molecule has 0 aromatic heterocycles. The zero-order valence-electron chi connectivity index (χ0n) is 27.0. The van der Waals surface area contributed by atoms with Gasteiger partial charge in [-0.2, -0.15) is 0 Å². The zero-order chi connectivity index (χ0) is 32.1. The van der Waals surface area contributed by atoms with Gasteiger partial charge < -0.3 is 25.0 Å². The average molecular weight is 604 g/mol. The Hall–Kier alpha value is -3.91. The fourth-order valence-corrected chi connectivity index (χ4v) is 5.64. The van der Waals surface area contributed by atoms with Crippen LogP contribution in [0.1, 0.15) is 65.9 Å². The molecule has 0 radical (unpaired) electrons. The van der Waals surface area contributed by atoms with Crippen molar-refractivity contribution < 1.29 is 24.2 Å². The number of rotatable bonds is 10. The molecule has 1 aromatic rings. The lowest BCUT2D eigenvalue weighted by Crippen LogP contribution is -2.51. The number of ether oxygens (including phenoxy) is 1. The van der Waals surface area contributed by atoms with Crippen LogP contribution in [-0.4, -0.2) is 71.6 Å². The largest absolute Gasteiger partial charge is 0.445 e. The molecule has 1 saturated heterocycles. The first-order valence-electron chi connectivity index (χ1n) is 15.6. The number of aliphatic hydroxyl groups excluding tert-OH is 1. The topological polar surface area (TPSA) is 99.2 Å². The summed E-state index contributed by atoms with van der Waals surface area (Å²) in [7, 11) is 0. The van der Waals surface area contributed by atoms with Gasteiger partial charge in [-0.15, -0.1) is 0 Å². The van der Waals surface area contributed by atoms with Gasteiger partial charge in [0.2, 0.25) is 11.8 Å². The summed E-state index contributed by atoms with van der Waals surface area (Å²) >= 11 is 0. The van der Waals surface area contributed by atoms with Crippen LogP contribution in [0.4, 0.5) is 4.79 Å². The molecule has 2 aliphatic rings. The average Bonchev–Trinajstić information content (AvgIpc) is 3.25. The van der Waals surface area contributed by atoms with E-state index in [-0.39, 0.29) is 24.5 Å².